The predicted molar refractivity (Wildman–Crippen MR) is 86.0 cm³/mol. The lowest BCUT2D eigenvalue weighted by atomic mass is 10.1. The number of sulfone groups is 1. The van der Waals surface area contributed by atoms with E-state index in [0.717, 1.165) is 0 Å². The Morgan fingerprint density at radius 2 is 2.12 bits per heavy atom. The normalized spacial score (nSPS) is 17.6. The summed E-state index contributed by atoms with van der Waals surface area (Å²) in [5.74, 6) is -0.349. The van der Waals surface area contributed by atoms with Crippen LogP contribution in [0.3, 0.4) is 0 Å². The SMILES string of the molecule is CCCOc1c(OC)cc(C2CCC(=O)O2)cc1S(=O)(=O)CCO. The fourth-order valence-electron chi connectivity index (χ4n) is 2.50. The Morgan fingerprint density at radius 3 is 2.67 bits per heavy atom. The summed E-state index contributed by atoms with van der Waals surface area (Å²) in [7, 11) is -2.35. The van der Waals surface area contributed by atoms with E-state index in [1.54, 1.807) is 6.07 Å². The van der Waals surface area contributed by atoms with Gasteiger partial charge in [-0.3, -0.25) is 4.79 Å². The molecule has 134 valence electrons. The second-order valence-electron chi connectivity index (χ2n) is 5.46. The van der Waals surface area contributed by atoms with Crippen molar-refractivity contribution in [2.24, 2.45) is 0 Å². The molecule has 1 fully saturated rings. The molecule has 2 rings (SSSR count). The lowest BCUT2D eigenvalue weighted by Crippen LogP contribution is -2.14. The minimum absolute atomic E-state index is 0.0534. The van der Waals surface area contributed by atoms with Gasteiger partial charge < -0.3 is 19.3 Å². The third-order valence-corrected chi connectivity index (χ3v) is 5.36. The molecule has 1 aromatic rings. The maximum Gasteiger partial charge on any atom is 0.306 e. The van der Waals surface area contributed by atoms with Gasteiger partial charge in [-0.2, -0.15) is 0 Å². The average Bonchev–Trinajstić information content (AvgIpc) is 2.98. The molecule has 1 unspecified atom stereocenters. The molecule has 1 aromatic carbocycles. The van der Waals surface area contributed by atoms with Gasteiger partial charge >= 0.3 is 5.97 Å². The number of benzene rings is 1. The average molecular weight is 358 g/mol. The summed E-state index contributed by atoms with van der Waals surface area (Å²) < 4.78 is 41.1. The van der Waals surface area contributed by atoms with Crippen LogP contribution in [0.1, 0.15) is 37.9 Å². The van der Waals surface area contributed by atoms with Crippen LogP contribution in [0, 0.1) is 0 Å². The molecule has 7 nitrogen and oxygen atoms in total. The Hall–Kier alpha value is -1.80. The maximum absolute atomic E-state index is 12.5. The van der Waals surface area contributed by atoms with Gasteiger partial charge in [0.1, 0.15) is 11.0 Å². The minimum Gasteiger partial charge on any atom is -0.493 e. The number of methoxy groups -OCH3 is 1. The number of rotatable bonds is 8. The number of carbonyl (C=O) groups is 1. The van der Waals surface area contributed by atoms with Crippen LogP contribution in [-0.4, -0.2) is 45.6 Å². The first-order valence-corrected chi connectivity index (χ1v) is 9.46. The number of aliphatic hydroxyl groups is 1. The van der Waals surface area contributed by atoms with E-state index in [-0.39, 0.29) is 22.4 Å². The van der Waals surface area contributed by atoms with Crippen molar-refractivity contribution in [3.63, 3.8) is 0 Å². The van der Waals surface area contributed by atoms with Crippen molar-refractivity contribution in [2.75, 3.05) is 26.1 Å². The quantitative estimate of drug-likeness (QED) is 0.705. The summed E-state index contributed by atoms with van der Waals surface area (Å²) in [4.78, 5) is 11.3. The monoisotopic (exact) mass is 358 g/mol. The highest BCUT2D eigenvalue weighted by atomic mass is 32.2. The Kier molecular flexibility index (Phi) is 6.06. The highest BCUT2D eigenvalue weighted by Gasteiger charge is 2.30. The van der Waals surface area contributed by atoms with Crippen molar-refractivity contribution in [3.05, 3.63) is 17.7 Å². The standard InChI is InChI=1S/C16H22O7S/c1-3-7-22-16-13(21-2)9-11(12-4-5-15(18)23-12)10-14(16)24(19,20)8-6-17/h9-10,12,17H,3-8H2,1-2H3. The van der Waals surface area contributed by atoms with Crippen LogP contribution in [-0.2, 0) is 19.4 Å². The van der Waals surface area contributed by atoms with Gasteiger partial charge in [0.05, 0.1) is 26.1 Å². The summed E-state index contributed by atoms with van der Waals surface area (Å²) in [5, 5.41) is 9.05. The number of carbonyl (C=O) groups excluding carboxylic acids is 1. The molecule has 0 spiro atoms. The van der Waals surface area contributed by atoms with Crippen LogP contribution >= 0.6 is 0 Å². The summed E-state index contributed by atoms with van der Waals surface area (Å²) in [5.41, 5.74) is 0.540. The number of hydrogen-bond donors (Lipinski definition) is 1. The highest BCUT2D eigenvalue weighted by Crippen LogP contribution is 2.41. The molecule has 0 aliphatic carbocycles. The zero-order valence-corrected chi connectivity index (χ0v) is 14.6. The first kappa shape index (κ1) is 18.5. The number of aliphatic hydroxyl groups excluding tert-OH is 1. The predicted octanol–water partition coefficient (Wildman–Crippen LogP) is 1.63. The van der Waals surface area contributed by atoms with Gasteiger partial charge in [0.25, 0.3) is 0 Å². The smallest absolute Gasteiger partial charge is 0.306 e. The van der Waals surface area contributed by atoms with Crippen molar-refractivity contribution < 1.29 is 32.5 Å². The van der Waals surface area contributed by atoms with Gasteiger partial charge in [-0.15, -0.1) is 0 Å². The molecular weight excluding hydrogens is 336 g/mol. The highest BCUT2D eigenvalue weighted by molar-refractivity contribution is 7.91. The molecule has 0 amide bonds. The van der Waals surface area contributed by atoms with Crippen LogP contribution in [0.4, 0.5) is 0 Å². The van der Waals surface area contributed by atoms with E-state index >= 15 is 0 Å². The van der Waals surface area contributed by atoms with Crippen molar-refractivity contribution in [1.82, 2.24) is 0 Å². The largest absolute Gasteiger partial charge is 0.493 e. The second-order valence-corrected chi connectivity index (χ2v) is 7.54. The molecule has 0 bridgehead atoms. The zero-order chi connectivity index (χ0) is 17.7. The van der Waals surface area contributed by atoms with Gasteiger partial charge in [-0.05, 0) is 30.5 Å². The maximum atomic E-state index is 12.5. The van der Waals surface area contributed by atoms with Gasteiger partial charge in [-0.25, -0.2) is 8.42 Å². The zero-order valence-electron chi connectivity index (χ0n) is 13.8. The molecule has 24 heavy (non-hydrogen) atoms. The number of ether oxygens (including phenoxy) is 3. The molecule has 1 atom stereocenters. The van der Waals surface area contributed by atoms with Crippen molar-refractivity contribution in [1.29, 1.82) is 0 Å². The van der Waals surface area contributed by atoms with Crippen LogP contribution in [0.25, 0.3) is 0 Å². The van der Waals surface area contributed by atoms with E-state index in [9.17, 15) is 13.2 Å². The summed E-state index contributed by atoms with van der Waals surface area (Å²) in [6.45, 7) is 1.73. The lowest BCUT2D eigenvalue weighted by molar-refractivity contribution is -0.141. The van der Waals surface area contributed by atoms with E-state index < -0.39 is 28.3 Å². The third kappa shape index (κ3) is 3.99. The summed E-state index contributed by atoms with van der Waals surface area (Å²) in [6.07, 6.45) is 0.968. The van der Waals surface area contributed by atoms with Crippen LogP contribution in [0.2, 0.25) is 0 Å². The Bertz CT molecular complexity index is 697. The number of hydrogen-bond acceptors (Lipinski definition) is 7. The van der Waals surface area contributed by atoms with Crippen molar-refractivity contribution in [2.45, 2.75) is 37.2 Å². The van der Waals surface area contributed by atoms with E-state index in [1.165, 1.54) is 13.2 Å². The summed E-state index contributed by atoms with van der Waals surface area (Å²) in [6, 6.07) is 3.08. The molecule has 0 radical (unpaired) electrons. The molecule has 1 aliphatic rings. The number of esters is 1. The third-order valence-electron chi connectivity index (χ3n) is 3.66. The van der Waals surface area contributed by atoms with Crippen LogP contribution in [0.5, 0.6) is 11.5 Å². The molecule has 1 aliphatic heterocycles. The van der Waals surface area contributed by atoms with Gasteiger partial charge in [0, 0.05) is 6.42 Å². The second kappa shape index (κ2) is 7.85. The Morgan fingerprint density at radius 1 is 1.38 bits per heavy atom. The molecule has 1 N–H and O–H groups in total. The van der Waals surface area contributed by atoms with Crippen LogP contribution in [0.15, 0.2) is 17.0 Å². The molecule has 8 heteroatoms. The van der Waals surface area contributed by atoms with E-state index in [4.69, 9.17) is 19.3 Å². The fourth-order valence-corrected chi connectivity index (χ4v) is 3.72. The lowest BCUT2D eigenvalue weighted by Gasteiger charge is -2.18. The van der Waals surface area contributed by atoms with Crippen LogP contribution < -0.4 is 9.47 Å². The number of cyclic esters (lactones) is 1. The van der Waals surface area contributed by atoms with E-state index in [2.05, 4.69) is 0 Å². The van der Waals surface area contributed by atoms with E-state index in [1.807, 2.05) is 6.92 Å². The Balaban J connectivity index is 2.55. The van der Waals surface area contributed by atoms with Crippen molar-refractivity contribution in [3.8, 4) is 11.5 Å². The first-order valence-electron chi connectivity index (χ1n) is 7.80. The van der Waals surface area contributed by atoms with Gasteiger partial charge in [0.2, 0.25) is 0 Å². The Labute approximate surface area is 141 Å². The minimum atomic E-state index is -3.77. The molecular formula is C16H22O7S. The van der Waals surface area contributed by atoms with Crippen molar-refractivity contribution >= 4 is 15.8 Å². The topological polar surface area (TPSA) is 99.1 Å². The molecule has 1 saturated heterocycles. The van der Waals surface area contributed by atoms with Gasteiger partial charge in [-0.1, -0.05) is 6.92 Å². The first-order chi connectivity index (χ1) is 11.4. The fraction of sp³-hybridized carbons (Fsp3) is 0.562. The molecule has 0 aromatic heterocycles. The summed E-state index contributed by atoms with van der Waals surface area (Å²) >= 11 is 0. The molecule has 0 saturated carbocycles. The molecule has 1 heterocycles. The van der Waals surface area contributed by atoms with E-state index in [0.29, 0.717) is 31.4 Å². The van der Waals surface area contributed by atoms with Gasteiger partial charge in [0.15, 0.2) is 21.3 Å².